The van der Waals surface area contributed by atoms with Crippen LogP contribution in [0.3, 0.4) is 0 Å². The van der Waals surface area contributed by atoms with Crippen molar-refractivity contribution >= 4 is 48.5 Å². The van der Waals surface area contributed by atoms with E-state index >= 15 is 0 Å². The third-order valence-corrected chi connectivity index (χ3v) is 6.96. The maximum atomic E-state index is 2.48. The number of thiophene rings is 1. The summed E-state index contributed by atoms with van der Waals surface area (Å²) in [4.78, 5) is 0. The Kier molecular flexibility index (Phi) is 3.15. The molecule has 0 amide bonds. The maximum Gasteiger partial charge on any atom is 0.0640 e. The van der Waals surface area contributed by atoms with Crippen LogP contribution in [0, 0.1) is 5.92 Å². The highest BCUT2D eigenvalue weighted by atomic mass is 32.1. The Morgan fingerprint density at radius 1 is 0.852 bits per heavy atom. The van der Waals surface area contributed by atoms with Gasteiger partial charge >= 0.3 is 0 Å². The van der Waals surface area contributed by atoms with Gasteiger partial charge in [0.1, 0.15) is 0 Å². The van der Waals surface area contributed by atoms with Gasteiger partial charge in [-0.15, -0.1) is 11.3 Å². The fourth-order valence-electron chi connectivity index (χ4n) is 4.53. The van der Waals surface area contributed by atoms with Gasteiger partial charge in [-0.1, -0.05) is 61.5 Å². The molecule has 1 nitrogen and oxygen atoms in total. The zero-order valence-corrected chi connectivity index (χ0v) is 16.0. The number of allylic oxidation sites excluding steroid dienone is 1. The van der Waals surface area contributed by atoms with Gasteiger partial charge in [0.2, 0.25) is 0 Å². The van der Waals surface area contributed by atoms with E-state index in [1.54, 1.807) is 0 Å². The minimum atomic E-state index is 0.594. The van der Waals surface area contributed by atoms with Gasteiger partial charge in [-0.05, 0) is 42.2 Å². The van der Waals surface area contributed by atoms with Crippen LogP contribution >= 0.6 is 11.3 Å². The van der Waals surface area contributed by atoms with Crippen molar-refractivity contribution in [2.75, 3.05) is 0 Å². The van der Waals surface area contributed by atoms with Gasteiger partial charge in [0.15, 0.2) is 0 Å². The molecule has 0 spiro atoms. The van der Waals surface area contributed by atoms with Crippen LogP contribution in [0.4, 0.5) is 0 Å². The van der Waals surface area contributed by atoms with Gasteiger partial charge < -0.3 is 4.57 Å². The van der Waals surface area contributed by atoms with Gasteiger partial charge in [-0.25, -0.2) is 0 Å². The molecule has 5 aromatic rings. The average Bonchev–Trinajstić information content (AvgIpc) is 3.24. The molecule has 2 heterocycles. The lowest BCUT2D eigenvalue weighted by Crippen LogP contribution is -2.05. The van der Waals surface area contributed by atoms with Crippen molar-refractivity contribution in [2.24, 2.45) is 5.92 Å². The highest BCUT2D eigenvalue weighted by molar-refractivity contribution is 7.26. The molecule has 2 aromatic heterocycles. The molecule has 0 saturated carbocycles. The predicted octanol–water partition coefficient (Wildman–Crippen LogP) is 7.20. The van der Waals surface area contributed by atoms with Crippen LogP contribution < -0.4 is 0 Å². The van der Waals surface area contributed by atoms with Crippen LogP contribution in [0.15, 0.2) is 72.8 Å². The first kappa shape index (κ1) is 15.2. The Hall–Kier alpha value is -2.84. The summed E-state index contributed by atoms with van der Waals surface area (Å²) in [6, 6.07) is 24.3. The first-order valence-corrected chi connectivity index (χ1v) is 10.3. The second-order valence-corrected chi connectivity index (χ2v) is 8.56. The van der Waals surface area contributed by atoms with Crippen LogP contribution in [-0.4, -0.2) is 4.57 Å². The summed E-state index contributed by atoms with van der Waals surface area (Å²) in [6.45, 7) is 2.30. The molecule has 1 unspecified atom stereocenters. The van der Waals surface area contributed by atoms with Crippen LogP contribution in [0.5, 0.6) is 0 Å². The van der Waals surface area contributed by atoms with E-state index in [9.17, 15) is 0 Å². The minimum absolute atomic E-state index is 0.594. The molecule has 0 saturated heterocycles. The summed E-state index contributed by atoms with van der Waals surface area (Å²) in [7, 11) is 0. The van der Waals surface area contributed by atoms with Gasteiger partial charge in [0.05, 0.1) is 15.9 Å². The van der Waals surface area contributed by atoms with Gasteiger partial charge in [0.25, 0.3) is 0 Å². The van der Waals surface area contributed by atoms with Gasteiger partial charge in [-0.2, -0.15) is 0 Å². The topological polar surface area (TPSA) is 4.93 Å². The number of para-hydroxylation sites is 1. The van der Waals surface area contributed by atoms with E-state index in [0.717, 1.165) is 6.42 Å². The first-order valence-electron chi connectivity index (χ1n) is 9.52. The van der Waals surface area contributed by atoms with Crippen molar-refractivity contribution in [2.45, 2.75) is 13.3 Å². The van der Waals surface area contributed by atoms with Gasteiger partial charge in [0, 0.05) is 26.6 Å². The Morgan fingerprint density at radius 2 is 1.63 bits per heavy atom. The Balaban J connectivity index is 1.77. The molecule has 6 rings (SSSR count). The summed E-state index contributed by atoms with van der Waals surface area (Å²) < 4.78 is 5.20. The SMILES string of the molecule is CC1C=Cc2c(c3ccccc3n2-c2cccc3c2sc2ccccc23)C1. The molecular weight excluding hydrogens is 346 g/mol. The second-order valence-electron chi connectivity index (χ2n) is 7.51. The van der Waals surface area contributed by atoms with Crippen LogP contribution in [0.1, 0.15) is 18.2 Å². The third kappa shape index (κ3) is 2.11. The minimum Gasteiger partial charge on any atom is -0.308 e. The number of hydrogen-bond donors (Lipinski definition) is 0. The standard InChI is InChI=1S/C25H19NS/c1-16-13-14-22-20(15-16)17-7-2-4-10-21(17)26(22)23-11-6-9-19-18-8-3-5-12-24(18)27-25(19)23/h2-14,16H,15H2,1H3. The van der Waals surface area contributed by atoms with Crippen molar-refractivity contribution in [3.63, 3.8) is 0 Å². The van der Waals surface area contributed by atoms with E-state index < -0.39 is 0 Å². The van der Waals surface area contributed by atoms with E-state index in [0.29, 0.717) is 5.92 Å². The highest BCUT2D eigenvalue weighted by Gasteiger charge is 2.22. The molecule has 2 heteroatoms. The molecule has 0 radical (unpaired) electrons. The molecule has 0 aliphatic heterocycles. The number of rotatable bonds is 1. The lowest BCUT2D eigenvalue weighted by molar-refractivity contribution is 0.718. The summed E-state index contributed by atoms with van der Waals surface area (Å²) in [5.74, 6) is 0.594. The number of nitrogens with zero attached hydrogens (tertiary/aromatic N) is 1. The Bertz CT molecular complexity index is 1370. The predicted molar refractivity (Wildman–Crippen MR) is 118 cm³/mol. The average molecular weight is 366 g/mol. The van der Waals surface area contributed by atoms with Crippen molar-refractivity contribution < 1.29 is 0 Å². The Morgan fingerprint density at radius 3 is 2.56 bits per heavy atom. The first-order chi connectivity index (χ1) is 13.3. The third-order valence-electron chi connectivity index (χ3n) is 5.75. The zero-order chi connectivity index (χ0) is 18.0. The number of benzene rings is 3. The van der Waals surface area contributed by atoms with Crippen molar-refractivity contribution in [1.29, 1.82) is 0 Å². The van der Waals surface area contributed by atoms with Crippen LogP contribution in [0.2, 0.25) is 0 Å². The fourth-order valence-corrected chi connectivity index (χ4v) is 5.74. The summed E-state index contributed by atoms with van der Waals surface area (Å²) in [5, 5.41) is 4.10. The molecule has 0 N–H and O–H groups in total. The fraction of sp³-hybridized carbons (Fsp3) is 0.120. The van der Waals surface area contributed by atoms with Crippen molar-refractivity contribution in [3.05, 3.63) is 84.1 Å². The molecule has 1 aliphatic carbocycles. The second kappa shape index (κ2) is 5.58. The molecule has 1 atom stereocenters. The maximum absolute atomic E-state index is 2.48. The van der Waals surface area contributed by atoms with Crippen molar-refractivity contribution in [3.8, 4) is 5.69 Å². The monoisotopic (exact) mass is 365 g/mol. The van der Waals surface area contributed by atoms with E-state index in [1.807, 2.05) is 11.3 Å². The smallest absolute Gasteiger partial charge is 0.0640 e. The lowest BCUT2D eigenvalue weighted by atomic mass is 9.93. The molecule has 27 heavy (non-hydrogen) atoms. The van der Waals surface area contributed by atoms with Gasteiger partial charge in [-0.3, -0.25) is 0 Å². The molecule has 1 aliphatic rings. The highest BCUT2D eigenvalue weighted by Crippen LogP contribution is 2.41. The molecule has 0 bridgehead atoms. The van der Waals surface area contributed by atoms with E-state index in [-0.39, 0.29) is 0 Å². The molecular formula is C25H19NS. The largest absolute Gasteiger partial charge is 0.308 e. The van der Waals surface area contributed by atoms with E-state index in [4.69, 9.17) is 0 Å². The number of hydrogen-bond acceptors (Lipinski definition) is 1. The summed E-state index contributed by atoms with van der Waals surface area (Å²) >= 11 is 1.90. The Labute approximate surface area is 162 Å². The zero-order valence-electron chi connectivity index (χ0n) is 15.1. The number of fused-ring (bicyclic) bond motifs is 6. The van der Waals surface area contributed by atoms with E-state index in [1.165, 1.54) is 48.0 Å². The molecule has 0 fully saturated rings. The lowest BCUT2D eigenvalue weighted by Gasteiger charge is -2.16. The normalized spacial score (nSPS) is 16.4. The number of aromatic nitrogens is 1. The quantitative estimate of drug-likeness (QED) is 0.296. The van der Waals surface area contributed by atoms with Crippen LogP contribution in [0.25, 0.3) is 42.8 Å². The molecule has 130 valence electrons. The van der Waals surface area contributed by atoms with Crippen molar-refractivity contribution in [1.82, 2.24) is 4.57 Å². The van der Waals surface area contributed by atoms with Crippen LogP contribution in [-0.2, 0) is 6.42 Å². The van der Waals surface area contributed by atoms with E-state index in [2.05, 4.69) is 90.4 Å². The molecule has 3 aromatic carbocycles. The summed E-state index contributed by atoms with van der Waals surface area (Å²) in [6.07, 6.45) is 5.79. The summed E-state index contributed by atoms with van der Waals surface area (Å²) in [5.41, 5.74) is 5.44.